The van der Waals surface area contributed by atoms with Gasteiger partial charge in [0.2, 0.25) is 0 Å². The van der Waals surface area contributed by atoms with Crippen molar-refractivity contribution >= 4 is 11.6 Å². The van der Waals surface area contributed by atoms with Crippen molar-refractivity contribution in [3.63, 3.8) is 0 Å². The van der Waals surface area contributed by atoms with Gasteiger partial charge in [-0.05, 0) is 32.7 Å². The topological polar surface area (TPSA) is 3.24 Å². The first-order valence-electron chi connectivity index (χ1n) is 5.08. The Balaban J connectivity index is 2.46. The second-order valence-corrected chi connectivity index (χ2v) is 4.57. The zero-order valence-electron chi connectivity index (χ0n) is 8.89. The van der Waals surface area contributed by atoms with Crippen molar-refractivity contribution in [2.24, 2.45) is 5.92 Å². The highest BCUT2D eigenvalue weighted by Crippen LogP contribution is 2.24. The second kappa shape index (κ2) is 5.02. The SMILES string of the molecule is CC(C)=CCN1CCC(C)C1CCl. The Morgan fingerprint density at radius 3 is 2.77 bits per heavy atom. The second-order valence-electron chi connectivity index (χ2n) is 4.26. The van der Waals surface area contributed by atoms with E-state index in [4.69, 9.17) is 11.6 Å². The van der Waals surface area contributed by atoms with E-state index in [0.717, 1.165) is 18.3 Å². The van der Waals surface area contributed by atoms with Crippen LogP contribution in [-0.2, 0) is 0 Å². The maximum absolute atomic E-state index is 5.95. The number of hydrogen-bond donors (Lipinski definition) is 0. The fourth-order valence-electron chi connectivity index (χ4n) is 1.86. The normalized spacial score (nSPS) is 29.2. The average Bonchev–Trinajstić information content (AvgIpc) is 2.42. The van der Waals surface area contributed by atoms with Crippen LogP contribution in [0.1, 0.15) is 27.2 Å². The third-order valence-electron chi connectivity index (χ3n) is 2.89. The minimum atomic E-state index is 0.595. The van der Waals surface area contributed by atoms with Gasteiger partial charge < -0.3 is 0 Å². The molecule has 1 saturated heterocycles. The van der Waals surface area contributed by atoms with Crippen LogP contribution in [0.5, 0.6) is 0 Å². The molecule has 2 heteroatoms. The van der Waals surface area contributed by atoms with Crippen molar-refractivity contribution in [3.8, 4) is 0 Å². The van der Waals surface area contributed by atoms with Gasteiger partial charge in [-0.2, -0.15) is 0 Å². The van der Waals surface area contributed by atoms with Crippen LogP contribution in [0.2, 0.25) is 0 Å². The fourth-order valence-corrected chi connectivity index (χ4v) is 2.36. The molecular formula is C11H20ClN. The molecule has 13 heavy (non-hydrogen) atoms. The molecule has 0 N–H and O–H groups in total. The Morgan fingerprint density at radius 2 is 2.23 bits per heavy atom. The van der Waals surface area contributed by atoms with Crippen LogP contribution in [0.4, 0.5) is 0 Å². The summed E-state index contributed by atoms with van der Waals surface area (Å²) in [6, 6.07) is 0.595. The standard InChI is InChI=1S/C11H20ClN/c1-9(2)4-6-13-7-5-10(3)11(13)8-12/h4,10-11H,5-8H2,1-3H3. The molecule has 1 rings (SSSR count). The number of halogens is 1. The first-order chi connectivity index (χ1) is 6.15. The molecule has 2 unspecified atom stereocenters. The molecule has 1 aliphatic rings. The molecule has 0 aromatic rings. The molecule has 76 valence electrons. The third-order valence-corrected chi connectivity index (χ3v) is 3.21. The van der Waals surface area contributed by atoms with Crippen molar-refractivity contribution < 1.29 is 0 Å². The highest BCUT2D eigenvalue weighted by molar-refractivity contribution is 6.18. The van der Waals surface area contributed by atoms with Gasteiger partial charge in [-0.1, -0.05) is 18.6 Å². The lowest BCUT2D eigenvalue weighted by molar-refractivity contribution is 0.275. The maximum Gasteiger partial charge on any atom is 0.0382 e. The summed E-state index contributed by atoms with van der Waals surface area (Å²) in [6.07, 6.45) is 3.59. The molecule has 0 bridgehead atoms. The average molecular weight is 202 g/mol. The van der Waals surface area contributed by atoms with Gasteiger partial charge in [-0.15, -0.1) is 11.6 Å². The zero-order valence-corrected chi connectivity index (χ0v) is 9.64. The van der Waals surface area contributed by atoms with Crippen LogP contribution in [0.25, 0.3) is 0 Å². The number of nitrogens with zero attached hydrogens (tertiary/aromatic N) is 1. The van der Waals surface area contributed by atoms with Gasteiger partial charge in [0.05, 0.1) is 0 Å². The van der Waals surface area contributed by atoms with E-state index in [1.54, 1.807) is 0 Å². The summed E-state index contributed by atoms with van der Waals surface area (Å²) in [5.74, 6) is 1.54. The van der Waals surface area contributed by atoms with Crippen LogP contribution in [0, 0.1) is 5.92 Å². The zero-order chi connectivity index (χ0) is 9.84. The molecule has 0 amide bonds. The molecule has 0 spiro atoms. The van der Waals surface area contributed by atoms with Crippen LogP contribution < -0.4 is 0 Å². The fraction of sp³-hybridized carbons (Fsp3) is 0.818. The molecule has 0 aliphatic carbocycles. The lowest BCUT2D eigenvalue weighted by atomic mass is 10.1. The molecule has 1 heterocycles. The smallest absolute Gasteiger partial charge is 0.0382 e. The molecule has 0 saturated carbocycles. The van der Waals surface area contributed by atoms with Gasteiger partial charge in [-0.25, -0.2) is 0 Å². The Morgan fingerprint density at radius 1 is 1.54 bits per heavy atom. The Labute approximate surface area is 86.8 Å². The molecule has 0 radical (unpaired) electrons. The predicted molar refractivity (Wildman–Crippen MR) is 59.3 cm³/mol. The summed E-state index contributed by atoms with van der Waals surface area (Å²) >= 11 is 5.95. The summed E-state index contributed by atoms with van der Waals surface area (Å²) in [6.45, 7) is 8.88. The van der Waals surface area contributed by atoms with E-state index in [0.29, 0.717) is 6.04 Å². The molecule has 1 fully saturated rings. The van der Waals surface area contributed by atoms with Gasteiger partial charge in [0.1, 0.15) is 0 Å². The molecule has 1 aliphatic heterocycles. The van der Waals surface area contributed by atoms with Crippen molar-refractivity contribution in [2.45, 2.75) is 33.2 Å². The van der Waals surface area contributed by atoms with Crippen LogP contribution in [-0.4, -0.2) is 29.9 Å². The van der Waals surface area contributed by atoms with E-state index in [9.17, 15) is 0 Å². The lowest BCUT2D eigenvalue weighted by Crippen LogP contribution is -2.33. The summed E-state index contributed by atoms with van der Waals surface area (Å²) < 4.78 is 0. The molecule has 0 aromatic carbocycles. The third kappa shape index (κ3) is 2.99. The monoisotopic (exact) mass is 201 g/mol. The van der Waals surface area contributed by atoms with Crippen LogP contribution in [0.15, 0.2) is 11.6 Å². The summed E-state index contributed by atoms with van der Waals surface area (Å²) in [5.41, 5.74) is 1.40. The van der Waals surface area contributed by atoms with Gasteiger partial charge in [0.25, 0.3) is 0 Å². The van der Waals surface area contributed by atoms with Crippen molar-refractivity contribution in [1.82, 2.24) is 4.90 Å². The van der Waals surface area contributed by atoms with E-state index >= 15 is 0 Å². The Hall–Kier alpha value is -0.0100. The van der Waals surface area contributed by atoms with Gasteiger partial charge in [0, 0.05) is 18.5 Å². The summed E-state index contributed by atoms with van der Waals surface area (Å²) in [7, 11) is 0. The number of rotatable bonds is 3. The van der Waals surface area contributed by atoms with Crippen molar-refractivity contribution in [3.05, 3.63) is 11.6 Å². The van der Waals surface area contributed by atoms with Gasteiger partial charge in [0.15, 0.2) is 0 Å². The first-order valence-corrected chi connectivity index (χ1v) is 5.62. The highest BCUT2D eigenvalue weighted by atomic mass is 35.5. The lowest BCUT2D eigenvalue weighted by Gasteiger charge is -2.23. The summed E-state index contributed by atoms with van der Waals surface area (Å²) in [5, 5.41) is 0. The molecular weight excluding hydrogens is 182 g/mol. The van der Waals surface area contributed by atoms with E-state index in [2.05, 4.69) is 31.7 Å². The number of likely N-dealkylation sites (tertiary alicyclic amines) is 1. The highest BCUT2D eigenvalue weighted by Gasteiger charge is 2.29. The number of alkyl halides is 1. The Bertz CT molecular complexity index is 185. The van der Waals surface area contributed by atoms with E-state index in [1.807, 2.05) is 0 Å². The minimum Gasteiger partial charge on any atom is -0.295 e. The summed E-state index contributed by atoms with van der Waals surface area (Å²) in [4.78, 5) is 2.49. The van der Waals surface area contributed by atoms with Crippen molar-refractivity contribution in [2.75, 3.05) is 19.0 Å². The molecule has 2 atom stereocenters. The van der Waals surface area contributed by atoms with Gasteiger partial charge >= 0.3 is 0 Å². The Kier molecular flexibility index (Phi) is 4.27. The quantitative estimate of drug-likeness (QED) is 0.502. The number of allylic oxidation sites excluding steroid dienone is 1. The van der Waals surface area contributed by atoms with E-state index in [1.165, 1.54) is 18.5 Å². The van der Waals surface area contributed by atoms with Crippen LogP contribution in [0.3, 0.4) is 0 Å². The largest absolute Gasteiger partial charge is 0.295 e. The first kappa shape index (κ1) is 11.1. The van der Waals surface area contributed by atoms with Crippen LogP contribution >= 0.6 is 11.6 Å². The van der Waals surface area contributed by atoms with E-state index < -0.39 is 0 Å². The minimum absolute atomic E-state index is 0.595. The van der Waals surface area contributed by atoms with Crippen molar-refractivity contribution in [1.29, 1.82) is 0 Å². The molecule has 1 nitrogen and oxygen atoms in total. The maximum atomic E-state index is 5.95. The number of hydrogen-bond acceptors (Lipinski definition) is 1. The predicted octanol–water partition coefficient (Wildman–Crippen LogP) is 2.90. The van der Waals surface area contributed by atoms with Gasteiger partial charge in [-0.3, -0.25) is 4.90 Å². The molecule has 0 aromatic heterocycles. The van der Waals surface area contributed by atoms with E-state index in [-0.39, 0.29) is 0 Å².